The van der Waals surface area contributed by atoms with Crippen LogP contribution in [0.25, 0.3) is 17.1 Å². The van der Waals surface area contributed by atoms with E-state index in [2.05, 4.69) is 25.3 Å². The molecule has 0 aromatic carbocycles. The highest BCUT2D eigenvalue weighted by atomic mass is 19.4. The molecule has 2 atom stereocenters. The minimum Gasteiger partial charge on any atom is -0.480 e. The number of alkyl halides is 4. The van der Waals surface area contributed by atoms with Crippen LogP contribution in [0.5, 0.6) is 5.88 Å². The molecule has 0 saturated carbocycles. The van der Waals surface area contributed by atoms with Crippen LogP contribution in [0, 0.1) is 11.3 Å². The number of nitrogens with one attached hydrogen (secondary N) is 1. The van der Waals surface area contributed by atoms with Gasteiger partial charge in [0.1, 0.15) is 41.1 Å². The molecule has 0 unspecified atom stereocenters. The number of aromatic nitrogens is 5. The maximum Gasteiger partial charge on any atom is 0.420 e. The zero-order chi connectivity index (χ0) is 26.9. The number of methoxy groups -OCH3 is 1. The molecule has 0 bridgehead atoms. The predicted octanol–water partition coefficient (Wildman–Crippen LogP) is 6.22. The number of hydrogen-bond donors (Lipinski definition) is 1. The Labute approximate surface area is 208 Å². The third kappa shape index (κ3) is 6.47. The van der Waals surface area contributed by atoms with Gasteiger partial charge in [-0.15, -0.1) is 0 Å². The average Bonchev–Trinajstić information content (AvgIpc) is 3.38. The van der Waals surface area contributed by atoms with Gasteiger partial charge in [-0.25, -0.2) is 24.3 Å². The molecule has 12 heteroatoms. The standard InChI is InChI=1S/C22H23F4N7O.C2H6.H2/c1-4-6-16(15(23)5-2)31-21-29-10-14(22(24,25)26)19(32-21)17-11-33(12-30-17)18-7-8-28-20(34-3)13(18)9-27;1-2;/h7-8,10-12,15-16H,4-6H2,1-3H3,(H,29,31,32);1-2H3;1H/t15-,16+;;/m1../s1. The van der Waals surface area contributed by atoms with Crippen LogP contribution < -0.4 is 10.1 Å². The average molecular weight is 510 g/mol. The van der Waals surface area contributed by atoms with E-state index in [0.717, 1.165) is 0 Å². The Morgan fingerprint density at radius 2 is 1.94 bits per heavy atom. The molecule has 0 aliphatic heterocycles. The molecule has 0 amide bonds. The van der Waals surface area contributed by atoms with Gasteiger partial charge < -0.3 is 14.6 Å². The molecule has 1 N–H and O–H groups in total. The molecule has 8 nitrogen and oxygen atoms in total. The van der Waals surface area contributed by atoms with Crippen molar-refractivity contribution in [2.24, 2.45) is 0 Å². The first-order valence-electron chi connectivity index (χ1n) is 11.6. The Kier molecular flexibility index (Phi) is 10.1. The van der Waals surface area contributed by atoms with Gasteiger partial charge in [-0.1, -0.05) is 34.1 Å². The maximum absolute atomic E-state index is 14.3. The largest absolute Gasteiger partial charge is 0.480 e. The summed E-state index contributed by atoms with van der Waals surface area (Å²) in [5.74, 6) is -0.0613. The molecular weight excluding hydrogens is 478 g/mol. The van der Waals surface area contributed by atoms with Gasteiger partial charge in [-0.3, -0.25) is 0 Å². The summed E-state index contributed by atoms with van der Waals surface area (Å²) in [5, 5.41) is 12.3. The Hall–Kier alpha value is -3.75. The summed E-state index contributed by atoms with van der Waals surface area (Å²) in [7, 11) is 1.35. The number of rotatable bonds is 9. The van der Waals surface area contributed by atoms with E-state index in [4.69, 9.17) is 4.74 Å². The molecule has 0 saturated heterocycles. The van der Waals surface area contributed by atoms with Crippen LogP contribution in [0.4, 0.5) is 23.5 Å². The first-order chi connectivity index (χ1) is 17.2. The second-order valence-corrected chi connectivity index (χ2v) is 7.41. The zero-order valence-corrected chi connectivity index (χ0v) is 20.8. The highest BCUT2D eigenvalue weighted by Crippen LogP contribution is 2.36. The molecule has 36 heavy (non-hydrogen) atoms. The van der Waals surface area contributed by atoms with E-state index in [0.29, 0.717) is 24.7 Å². The number of pyridine rings is 1. The number of nitriles is 1. The Bertz CT molecular complexity index is 1180. The van der Waals surface area contributed by atoms with Gasteiger partial charge in [0.05, 0.1) is 18.8 Å². The molecule has 3 rings (SSSR count). The maximum atomic E-state index is 14.3. The fourth-order valence-corrected chi connectivity index (χ4v) is 3.44. The van der Waals surface area contributed by atoms with Gasteiger partial charge in [0, 0.05) is 20.0 Å². The smallest absolute Gasteiger partial charge is 0.420 e. The molecule has 0 radical (unpaired) electrons. The van der Waals surface area contributed by atoms with Gasteiger partial charge in [0.25, 0.3) is 0 Å². The van der Waals surface area contributed by atoms with Gasteiger partial charge >= 0.3 is 6.18 Å². The summed E-state index contributed by atoms with van der Waals surface area (Å²) < 4.78 is 61.9. The topological polar surface area (TPSA) is 102 Å². The SMILES string of the molecule is CC.CCC[C@H](Nc1ncc(C(F)(F)F)c(-c2cn(-c3ccnc(OC)c3C#N)cn2)n1)[C@H](F)CC.[HH]. The van der Waals surface area contributed by atoms with Crippen molar-refractivity contribution >= 4 is 5.95 Å². The molecule has 0 aliphatic rings. The molecule has 3 aromatic heterocycles. The molecule has 3 heterocycles. The third-order valence-electron chi connectivity index (χ3n) is 5.14. The van der Waals surface area contributed by atoms with E-state index in [1.165, 1.54) is 36.5 Å². The summed E-state index contributed by atoms with van der Waals surface area (Å²) in [6.45, 7) is 7.57. The van der Waals surface area contributed by atoms with E-state index >= 15 is 0 Å². The lowest BCUT2D eigenvalue weighted by atomic mass is 10.1. The summed E-state index contributed by atoms with van der Waals surface area (Å²) in [4.78, 5) is 15.8. The first kappa shape index (κ1) is 28.5. The minimum atomic E-state index is -4.75. The molecule has 196 valence electrons. The van der Waals surface area contributed by atoms with Gasteiger partial charge in [0.15, 0.2) is 0 Å². The van der Waals surface area contributed by atoms with Crippen LogP contribution in [0.15, 0.2) is 31.0 Å². The normalized spacial score (nSPS) is 12.7. The molecule has 0 aliphatic carbocycles. The van der Waals surface area contributed by atoms with Crippen molar-refractivity contribution in [2.75, 3.05) is 12.4 Å². The second kappa shape index (κ2) is 12.8. The van der Waals surface area contributed by atoms with Crippen molar-refractivity contribution in [3.05, 3.63) is 42.1 Å². The van der Waals surface area contributed by atoms with Crippen LogP contribution in [-0.2, 0) is 6.18 Å². The number of ether oxygens (including phenoxy) is 1. The lowest BCUT2D eigenvalue weighted by Gasteiger charge is -2.21. The first-order valence-corrected chi connectivity index (χ1v) is 11.6. The fraction of sp³-hybridized carbons (Fsp3) is 0.458. The zero-order valence-electron chi connectivity index (χ0n) is 20.8. The monoisotopic (exact) mass is 509 g/mol. The summed E-state index contributed by atoms with van der Waals surface area (Å²) >= 11 is 0. The number of nitrogens with zero attached hydrogens (tertiary/aromatic N) is 6. The fourth-order valence-electron chi connectivity index (χ4n) is 3.44. The lowest BCUT2D eigenvalue weighted by Crippen LogP contribution is -2.31. The highest BCUT2D eigenvalue weighted by molar-refractivity contribution is 5.62. The number of imidazole rings is 1. The number of hydrogen-bond acceptors (Lipinski definition) is 7. The summed E-state index contributed by atoms with van der Waals surface area (Å²) in [6.07, 6.45) is 0.0473. The Balaban J connectivity index is 0.00000223. The minimum absolute atomic E-state index is 0. The van der Waals surface area contributed by atoms with Crippen LogP contribution in [0.3, 0.4) is 0 Å². The van der Waals surface area contributed by atoms with Crippen molar-refractivity contribution in [1.29, 1.82) is 5.26 Å². The van der Waals surface area contributed by atoms with Gasteiger partial charge in [0.2, 0.25) is 11.8 Å². The van der Waals surface area contributed by atoms with Crippen molar-refractivity contribution in [2.45, 2.75) is 65.3 Å². The van der Waals surface area contributed by atoms with Crippen LogP contribution in [-0.4, -0.2) is 43.8 Å². The van der Waals surface area contributed by atoms with E-state index in [1.54, 1.807) is 6.92 Å². The summed E-state index contributed by atoms with van der Waals surface area (Å²) in [6, 6.07) is 2.84. The van der Waals surface area contributed by atoms with E-state index in [9.17, 15) is 22.8 Å². The number of halogens is 4. The van der Waals surface area contributed by atoms with E-state index in [-0.39, 0.29) is 30.9 Å². The summed E-state index contributed by atoms with van der Waals surface area (Å²) in [5.41, 5.74) is -1.25. The van der Waals surface area contributed by atoms with Crippen molar-refractivity contribution in [3.8, 4) is 29.0 Å². The quantitative estimate of drug-likeness (QED) is 0.342. The Morgan fingerprint density at radius 3 is 2.53 bits per heavy atom. The van der Waals surface area contributed by atoms with Crippen molar-refractivity contribution < 1.29 is 23.7 Å². The molecular formula is C24H31F4N7O. The van der Waals surface area contributed by atoms with E-state index < -0.39 is 29.6 Å². The molecule has 0 fully saturated rings. The van der Waals surface area contributed by atoms with Crippen molar-refractivity contribution in [3.63, 3.8) is 0 Å². The molecule has 3 aromatic rings. The molecule has 0 spiro atoms. The highest BCUT2D eigenvalue weighted by Gasteiger charge is 2.36. The number of anilines is 1. The van der Waals surface area contributed by atoms with E-state index in [1.807, 2.05) is 26.8 Å². The van der Waals surface area contributed by atoms with Crippen molar-refractivity contribution in [1.82, 2.24) is 24.5 Å². The lowest BCUT2D eigenvalue weighted by molar-refractivity contribution is -0.137. The van der Waals surface area contributed by atoms with Gasteiger partial charge in [-0.05, 0) is 18.9 Å². The Morgan fingerprint density at radius 1 is 1.22 bits per heavy atom. The van der Waals surface area contributed by atoms with Crippen LogP contribution in [0.1, 0.15) is 59.5 Å². The second-order valence-electron chi connectivity index (χ2n) is 7.41. The van der Waals surface area contributed by atoms with Gasteiger partial charge in [-0.2, -0.15) is 18.4 Å². The van der Waals surface area contributed by atoms with Crippen LogP contribution >= 0.6 is 0 Å². The predicted molar refractivity (Wildman–Crippen MR) is 130 cm³/mol. The third-order valence-corrected chi connectivity index (χ3v) is 5.14. The van der Waals surface area contributed by atoms with Crippen LogP contribution in [0.2, 0.25) is 0 Å².